The van der Waals surface area contributed by atoms with Gasteiger partial charge >= 0.3 is 6.18 Å². The van der Waals surface area contributed by atoms with Crippen LogP contribution in [0.5, 0.6) is 5.75 Å². The topological polar surface area (TPSA) is 64.4 Å². The highest BCUT2D eigenvalue weighted by molar-refractivity contribution is 6.34. The van der Waals surface area contributed by atoms with Crippen LogP contribution in [-0.4, -0.2) is 11.1 Å². The Bertz CT molecular complexity index is 1070. The highest BCUT2D eigenvalue weighted by atomic mass is 35.5. The maximum Gasteiger partial charge on any atom is 0.416 e. The fourth-order valence-corrected chi connectivity index (χ4v) is 3.05. The molecule has 3 rings (SSSR count). The zero-order valence-electron chi connectivity index (χ0n) is 16.4. The number of aryl methyl sites for hydroxylation is 3. The second-order valence-corrected chi connectivity index (χ2v) is 7.23. The summed E-state index contributed by atoms with van der Waals surface area (Å²) in [6, 6.07) is 8.35. The Hall–Kier alpha value is -3.00. The largest absolute Gasteiger partial charge is 0.489 e. The Kier molecular flexibility index (Phi) is 6.07. The first-order chi connectivity index (χ1) is 14.0. The van der Waals surface area contributed by atoms with Crippen molar-refractivity contribution in [3.63, 3.8) is 0 Å². The molecule has 1 heterocycles. The molecule has 0 radical (unpaired) electrons. The SMILES string of the molecule is Cc1cc(C)cc(OCc2c(C(=O)Nc3cc(C(F)(F)F)ccc3Cl)noc2C)c1. The molecule has 1 N–H and O–H groups in total. The lowest BCUT2D eigenvalue weighted by Gasteiger charge is -2.12. The molecule has 0 spiro atoms. The van der Waals surface area contributed by atoms with Gasteiger partial charge in [-0.1, -0.05) is 22.8 Å². The van der Waals surface area contributed by atoms with Crippen molar-refractivity contribution in [1.29, 1.82) is 0 Å². The van der Waals surface area contributed by atoms with Crippen molar-refractivity contribution in [2.75, 3.05) is 5.32 Å². The smallest absolute Gasteiger partial charge is 0.416 e. The second-order valence-electron chi connectivity index (χ2n) is 6.82. The predicted octanol–water partition coefficient (Wildman–Crippen LogP) is 6.10. The van der Waals surface area contributed by atoms with Gasteiger partial charge in [0.2, 0.25) is 0 Å². The minimum atomic E-state index is -4.57. The van der Waals surface area contributed by atoms with E-state index in [1.165, 1.54) is 0 Å². The van der Waals surface area contributed by atoms with Crippen LogP contribution in [0.4, 0.5) is 18.9 Å². The number of hydrogen-bond acceptors (Lipinski definition) is 4. The molecular formula is C21H18ClF3N2O3. The first-order valence-electron chi connectivity index (χ1n) is 8.89. The normalized spacial score (nSPS) is 11.4. The summed E-state index contributed by atoms with van der Waals surface area (Å²) in [4.78, 5) is 12.7. The molecule has 30 heavy (non-hydrogen) atoms. The number of alkyl halides is 3. The molecule has 0 aliphatic carbocycles. The Morgan fingerprint density at radius 2 is 1.80 bits per heavy atom. The zero-order valence-corrected chi connectivity index (χ0v) is 17.1. The zero-order chi connectivity index (χ0) is 22.1. The van der Waals surface area contributed by atoms with Gasteiger partial charge in [0, 0.05) is 0 Å². The van der Waals surface area contributed by atoms with Gasteiger partial charge in [-0.2, -0.15) is 13.2 Å². The number of nitrogens with zero attached hydrogens (tertiary/aromatic N) is 1. The van der Waals surface area contributed by atoms with Crippen molar-refractivity contribution in [3.8, 4) is 5.75 Å². The number of aromatic nitrogens is 1. The number of amides is 1. The van der Waals surface area contributed by atoms with Crippen molar-refractivity contribution in [2.24, 2.45) is 0 Å². The van der Waals surface area contributed by atoms with Crippen molar-refractivity contribution in [2.45, 2.75) is 33.6 Å². The van der Waals surface area contributed by atoms with Crippen LogP contribution in [0.15, 0.2) is 40.9 Å². The summed E-state index contributed by atoms with van der Waals surface area (Å²) < 4.78 is 49.7. The van der Waals surface area contributed by atoms with Gasteiger partial charge in [-0.25, -0.2) is 0 Å². The monoisotopic (exact) mass is 438 g/mol. The maximum atomic E-state index is 12.9. The molecule has 1 aromatic heterocycles. The number of ether oxygens (including phenoxy) is 1. The summed E-state index contributed by atoms with van der Waals surface area (Å²) in [5.74, 6) is 0.215. The summed E-state index contributed by atoms with van der Waals surface area (Å²) in [7, 11) is 0. The van der Waals surface area contributed by atoms with Crippen molar-refractivity contribution >= 4 is 23.2 Å². The summed E-state index contributed by atoms with van der Waals surface area (Å²) in [5.41, 5.74) is 1.21. The highest BCUT2D eigenvalue weighted by Crippen LogP contribution is 2.34. The van der Waals surface area contributed by atoms with Gasteiger partial charge in [0.1, 0.15) is 18.1 Å². The van der Waals surface area contributed by atoms with Crippen LogP contribution in [0, 0.1) is 20.8 Å². The van der Waals surface area contributed by atoms with Crippen molar-refractivity contribution < 1.29 is 27.2 Å². The summed E-state index contributed by atoms with van der Waals surface area (Å²) >= 11 is 5.94. The molecule has 3 aromatic rings. The molecule has 2 aromatic carbocycles. The van der Waals surface area contributed by atoms with E-state index in [1.54, 1.807) is 6.92 Å². The van der Waals surface area contributed by atoms with E-state index >= 15 is 0 Å². The lowest BCUT2D eigenvalue weighted by molar-refractivity contribution is -0.137. The van der Waals surface area contributed by atoms with Gasteiger partial charge in [-0.15, -0.1) is 0 Å². The Morgan fingerprint density at radius 3 is 2.43 bits per heavy atom. The minimum absolute atomic E-state index is 0.00268. The third kappa shape index (κ3) is 4.94. The second kappa shape index (κ2) is 8.39. The van der Waals surface area contributed by atoms with E-state index in [1.807, 2.05) is 32.0 Å². The molecule has 0 aliphatic heterocycles. The Balaban J connectivity index is 1.81. The van der Waals surface area contributed by atoms with Gasteiger partial charge < -0.3 is 14.6 Å². The molecular weight excluding hydrogens is 421 g/mol. The van der Waals surface area contributed by atoms with Gasteiger partial charge in [-0.05, 0) is 62.2 Å². The average Bonchev–Trinajstić information content (AvgIpc) is 3.00. The summed E-state index contributed by atoms with van der Waals surface area (Å²) in [6.07, 6.45) is -4.57. The number of halogens is 4. The van der Waals surface area contributed by atoms with Gasteiger partial charge in [0.25, 0.3) is 5.91 Å². The van der Waals surface area contributed by atoms with E-state index in [9.17, 15) is 18.0 Å². The third-order valence-electron chi connectivity index (χ3n) is 4.32. The Labute approximate surface area is 175 Å². The number of rotatable bonds is 5. The van der Waals surface area contributed by atoms with Gasteiger partial charge in [0.15, 0.2) is 5.69 Å². The van der Waals surface area contributed by atoms with Crippen LogP contribution >= 0.6 is 11.6 Å². The number of benzene rings is 2. The predicted molar refractivity (Wildman–Crippen MR) is 106 cm³/mol. The lowest BCUT2D eigenvalue weighted by Crippen LogP contribution is -2.16. The summed E-state index contributed by atoms with van der Waals surface area (Å²) in [6.45, 7) is 5.48. The van der Waals surface area contributed by atoms with Crippen molar-refractivity contribution in [1.82, 2.24) is 5.16 Å². The standard InChI is InChI=1S/C21H18ClF3N2O3/c1-11-6-12(2)8-15(7-11)29-10-16-13(3)30-27-19(16)20(28)26-18-9-14(21(23,24)25)4-5-17(18)22/h4-9H,10H2,1-3H3,(H,26,28). The number of anilines is 1. The van der Waals surface area contributed by atoms with E-state index in [0.717, 1.165) is 29.3 Å². The number of nitrogens with one attached hydrogen (secondary N) is 1. The molecule has 1 amide bonds. The maximum absolute atomic E-state index is 12.9. The number of hydrogen-bond donors (Lipinski definition) is 1. The van der Waals surface area contributed by atoms with E-state index in [2.05, 4.69) is 10.5 Å². The first kappa shape index (κ1) is 21.7. The third-order valence-corrected chi connectivity index (χ3v) is 4.65. The minimum Gasteiger partial charge on any atom is -0.489 e. The van der Waals surface area contributed by atoms with Gasteiger partial charge in [-0.3, -0.25) is 4.79 Å². The van der Waals surface area contributed by atoms with Crippen LogP contribution in [0.1, 0.15) is 38.5 Å². The van der Waals surface area contributed by atoms with E-state index < -0.39 is 17.6 Å². The number of carbonyl (C=O) groups excluding carboxylic acids is 1. The van der Waals surface area contributed by atoms with Crippen molar-refractivity contribution in [3.05, 3.63) is 75.1 Å². The average molecular weight is 439 g/mol. The molecule has 0 fully saturated rings. The van der Waals surface area contributed by atoms with Crippen LogP contribution < -0.4 is 10.1 Å². The summed E-state index contributed by atoms with van der Waals surface area (Å²) in [5, 5.41) is 6.05. The molecule has 0 saturated heterocycles. The molecule has 158 valence electrons. The molecule has 0 atom stereocenters. The van der Waals surface area contributed by atoms with Crippen LogP contribution in [0.2, 0.25) is 5.02 Å². The van der Waals surface area contributed by atoms with Crippen LogP contribution in [0.25, 0.3) is 0 Å². The van der Waals surface area contributed by atoms with E-state index in [-0.39, 0.29) is 23.0 Å². The molecule has 0 aliphatic rings. The van der Waals surface area contributed by atoms with Crippen LogP contribution in [0.3, 0.4) is 0 Å². The quantitative estimate of drug-likeness (QED) is 0.522. The highest BCUT2D eigenvalue weighted by Gasteiger charge is 2.31. The molecule has 0 saturated carbocycles. The molecule has 9 heteroatoms. The number of carbonyl (C=O) groups is 1. The molecule has 0 bridgehead atoms. The molecule has 0 unspecified atom stereocenters. The van der Waals surface area contributed by atoms with E-state index in [0.29, 0.717) is 17.1 Å². The first-order valence-corrected chi connectivity index (χ1v) is 9.26. The fraction of sp³-hybridized carbons (Fsp3) is 0.238. The van der Waals surface area contributed by atoms with Crippen LogP contribution in [-0.2, 0) is 12.8 Å². The molecule has 5 nitrogen and oxygen atoms in total. The lowest BCUT2D eigenvalue weighted by atomic mass is 10.1. The van der Waals surface area contributed by atoms with Gasteiger partial charge in [0.05, 0.1) is 21.8 Å². The fourth-order valence-electron chi connectivity index (χ4n) is 2.89. The Morgan fingerprint density at radius 1 is 1.13 bits per heavy atom. The van der Waals surface area contributed by atoms with E-state index in [4.69, 9.17) is 20.9 Å².